The standard InChI is InChI=1S/C11H15NO3S2/c1-3-12-11(13)8-16-9-4-6-10(7-5-9)17(2,14)15/h4-7H,3,8H2,1-2H3,(H,12,13). The Morgan fingerprint density at radius 1 is 1.29 bits per heavy atom. The number of carbonyl (C=O) groups excluding carboxylic acids is 1. The van der Waals surface area contributed by atoms with E-state index >= 15 is 0 Å². The van der Waals surface area contributed by atoms with Crippen LogP contribution in [0, 0.1) is 0 Å². The number of carbonyl (C=O) groups is 1. The Hall–Kier alpha value is -1.01. The van der Waals surface area contributed by atoms with Gasteiger partial charge in [-0.1, -0.05) is 0 Å². The van der Waals surface area contributed by atoms with Crippen LogP contribution in [-0.2, 0) is 14.6 Å². The SMILES string of the molecule is CCNC(=O)CSc1ccc(S(C)(=O)=O)cc1. The molecule has 1 aromatic rings. The van der Waals surface area contributed by atoms with Crippen LogP contribution in [0.2, 0.25) is 0 Å². The molecule has 0 aliphatic carbocycles. The number of sulfone groups is 1. The van der Waals surface area contributed by atoms with Crippen LogP contribution in [0.4, 0.5) is 0 Å². The molecule has 0 saturated heterocycles. The fraction of sp³-hybridized carbons (Fsp3) is 0.364. The maximum atomic E-state index is 11.2. The van der Waals surface area contributed by atoms with Gasteiger partial charge in [-0.2, -0.15) is 0 Å². The van der Waals surface area contributed by atoms with Gasteiger partial charge in [-0.15, -0.1) is 11.8 Å². The molecular weight excluding hydrogens is 258 g/mol. The first kappa shape index (κ1) is 14.1. The maximum Gasteiger partial charge on any atom is 0.230 e. The molecule has 0 fully saturated rings. The van der Waals surface area contributed by atoms with Gasteiger partial charge in [0.2, 0.25) is 5.91 Å². The molecule has 6 heteroatoms. The second-order valence-electron chi connectivity index (χ2n) is 3.49. The molecule has 0 radical (unpaired) electrons. The van der Waals surface area contributed by atoms with Gasteiger partial charge in [0, 0.05) is 17.7 Å². The fourth-order valence-electron chi connectivity index (χ4n) is 1.18. The summed E-state index contributed by atoms with van der Waals surface area (Å²) in [4.78, 5) is 12.4. The number of hydrogen-bond donors (Lipinski definition) is 1. The van der Waals surface area contributed by atoms with Gasteiger partial charge in [0.1, 0.15) is 0 Å². The van der Waals surface area contributed by atoms with E-state index in [1.54, 1.807) is 24.3 Å². The lowest BCUT2D eigenvalue weighted by Crippen LogP contribution is -2.24. The van der Waals surface area contributed by atoms with Gasteiger partial charge in [0.05, 0.1) is 10.6 Å². The highest BCUT2D eigenvalue weighted by Crippen LogP contribution is 2.19. The van der Waals surface area contributed by atoms with Gasteiger partial charge in [-0.3, -0.25) is 4.79 Å². The van der Waals surface area contributed by atoms with Gasteiger partial charge in [0.15, 0.2) is 9.84 Å². The zero-order valence-corrected chi connectivity index (χ0v) is 11.4. The summed E-state index contributed by atoms with van der Waals surface area (Å²) in [5, 5.41) is 2.70. The van der Waals surface area contributed by atoms with Crippen molar-refractivity contribution < 1.29 is 13.2 Å². The highest BCUT2D eigenvalue weighted by Gasteiger charge is 2.07. The predicted molar refractivity (Wildman–Crippen MR) is 69.0 cm³/mol. The van der Waals surface area contributed by atoms with E-state index in [1.807, 2.05) is 6.92 Å². The number of thioether (sulfide) groups is 1. The minimum absolute atomic E-state index is 0.0234. The molecular formula is C11H15NO3S2. The van der Waals surface area contributed by atoms with Crippen LogP contribution in [0.3, 0.4) is 0 Å². The molecule has 0 aliphatic rings. The topological polar surface area (TPSA) is 63.2 Å². The lowest BCUT2D eigenvalue weighted by Gasteiger charge is -2.03. The molecule has 94 valence electrons. The summed E-state index contributed by atoms with van der Waals surface area (Å²) in [5.41, 5.74) is 0. The van der Waals surface area contributed by atoms with Crippen molar-refractivity contribution in [3.63, 3.8) is 0 Å². The Kier molecular flexibility index (Phi) is 5.02. The summed E-state index contributed by atoms with van der Waals surface area (Å²) in [5.74, 6) is 0.316. The Morgan fingerprint density at radius 3 is 2.35 bits per heavy atom. The second-order valence-corrected chi connectivity index (χ2v) is 6.55. The average molecular weight is 273 g/mol. The fourth-order valence-corrected chi connectivity index (χ4v) is 2.54. The zero-order valence-electron chi connectivity index (χ0n) is 9.76. The van der Waals surface area contributed by atoms with Crippen LogP contribution in [0.1, 0.15) is 6.92 Å². The Bertz CT molecular complexity index is 480. The molecule has 0 spiro atoms. The molecule has 1 rings (SSSR count). The molecule has 0 saturated carbocycles. The lowest BCUT2D eigenvalue weighted by molar-refractivity contribution is -0.118. The van der Waals surface area contributed by atoms with Crippen molar-refractivity contribution >= 4 is 27.5 Å². The normalized spacial score (nSPS) is 11.2. The summed E-state index contributed by atoms with van der Waals surface area (Å²) >= 11 is 1.38. The van der Waals surface area contributed by atoms with Gasteiger partial charge in [-0.05, 0) is 31.2 Å². The van der Waals surface area contributed by atoms with E-state index in [0.29, 0.717) is 17.2 Å². The number of benzene rings is 1. The Balaban J connectivity index is 2.60. The molecule has 4 nitrogen and oxygen atoms in total. The quantitative estimate of drug-likeness (QED) is 0.822. The van der Waals surface area contributed by atoms with Gasteiger partial charge >= 0.3 is 0 Å². The monoisotopic (exact) mass is 273 g/mol. The summed E-state index contributed by atoms with van der Waals surface area (Å²) in [7, 11) is -3.15. The van der Waals surface area contributed by atoms with Crippen molar-refractivity contribution in [1.82, 2.24) is 5.32 Å². The summed E-state index contributed by atoms with van der Waals surface area (Å²) < 4.78 is 22.4. The number of rotatable bonds is 5. The van der Waals surface area contributed by atoms with Crippen LogP contribution in [-0.4, -0.2) is 32.9 Å². The van der Waals surface area contributed by atoms with Crippen LogP contribution < -0.4 is 5.32 Å². The van der Waals surface area contributed by atoms with Crippen molar-refractivity contribution in [1.29, 1.82) is 0 Å². The number of nitrogens with one attached hydrogen (secondary N) is 1. The number of amides is 1. The van der Waals surface area contributed by atoms with Crippen LogP contribution in [0.15, 0.2) is 34.1 Å². The van der Waals surface area contributed by atoms with Crippen LogP contribution in [0.25, 0.3) is 0 Å². The highest BCUT2D eigenvalue weighted by atomic mass is 32.2. The zero-order chi connectivity index (χ0) is 12.9. The van der Waals surface area contributed by atoms with Crippen molar-refractivity contribution in [2.24, 2.45) is 0 Å². The van der Waals surface area contributed by atoms with E-state index in [1.165, 1.54) is 18.0 Å². The molecule has 1 aromatic carbocycles. The molecule has 0 atom stereocenters. The predicted octanol–water partition coefficient (Wildman–Crippen LogP) is 1.32. The van der Waals surface area contributed by atoms with Gasteiger partial charge in [0.25, 0.3) is 0 Å². The third kappa shape index (κ3) is 4.79. The van der Waals surface area contributed by atoms with E-state index in [9.17, 15) is 13.2 Å². The third-order valence-electron chi connectivity index (χ3n) is 2.00. The lowest BCUT2D eigenvalue weighted by atomic mass is 10.4. The maximum absolute atomic E-state index is 11.2. The van der Waals surface area contributed by atoms with E-state index in [-0.39, 0.29) is 5.91 Å². The largest absolute Gasteiger partial charge is 0.356 e. The molecule has 17 heavy (non-hydrogen) atoms. The van der Waals surface area contributed by atoms with Crippen LogP contribution >= 0.6 is 11.8 Å². The minimum atomic E-state index is -3.15. The van der Waals surface area contributed by atoms with Crippen molar-refractivity contribution in [3.8, 4) is 0 Å². The average Bonchev–Trinajstić information content (AvgIpc) is 2.26. The minimum Gasteiger partial charge on any atom is -0.356 e. The molecule has 1 N–H and O–H groups in total. The first-order valence-corrected chi connectivity index (χ1v) is 8.01. The first-order valence-electron chi connectivity index (χ1n) is 5.13. The molecule has 0 heterocycles. The van der Waals surface area contributed by atoms with E-state index in [4.69, 9.17) is 0 Å². The van der Waals surface area contributed by atoms with E-state index in [2.05, 4.69) is 5.32 Å². The van der Waals surface area contributed by atoms with Crippen molar-refractivity contribution in [2.75, 3.05) is 18.6 Å². The number of hydrogen-bond acceptors (Lipinski definition) is 4. The van der Waals surface area contributed by atoms with Crippen molar-refractivity contribution in [3.05, 3.63) is 24.3 Å². The molecule has 1 amide bonds. The summed E-state index contributed by atoms with van der Waals surface area (Å²) in [6, 6.07) is 6.52. The van der Waals surface area contributed by atoms with E-state index < -0.39 is 9.84 Å². The van der Waals surface area contributed by atoms with Crippen molar-refractivity contribution in [2.45, 2.75) is 16.7 Å². The molecule has 0 aromatic heterocycles. The molecule has 0 bridgehead atoms. The smallest absolute Gasteiger partial charge is 0.230 e. The van der Waals surface area contributed by atoms with Crippen LogP contribution in [0.5, 0.6) is 0 Å². The highest BCUT2D eigenvalue weighted by molar-refractivity contribution is 8.00. The Labute approximate surface area is 106 Å². The summed E-state index contributed by atoms with van der Waals surface area (Å²) in [6.45, 7) is 2.48. The summed E-state index contributed by atoms with van der Waals surface area (Å²) in [6.07, 6.45) is 1.17. The molecule has 0 unspecified atom stereocenters. The van der Waals surface area contributed by atoms with E-state index in [0.717, 1.165) is 4.90 Å². The van der Waals surface area contributed by atoms with Gasteiger partial charge in [-0.25, -0.2) is 8.42 Å². The van der Waals surface area contributed by atoms with Gasteiger partial charge < -0.3 is 5.32 Å². The third-order valence-corrected chi connectivity index (χ3v) is 4.14. The molecule has 0 aliphatic heterocycles. The first-order chi connectivity index (χ1) is 7.93. The second kappa shape index (κ2) is 6.07. The Morgan fingerprint density at radius 2 is 1.88 bits per heavy atom.